The van der Waals surface area contributed by atoms with E-state index in [4.69, 9.17) is 22.6 Å². The van der Waals surface area contributed by atoms with Crippen LogP contribution in [0.5, 0.6) is 0 Å². The van der Waals surface area contributed by atoms with Gasteiger partial charge in [0.1, 0.15) is 17.2 Å². The van der Waals surface area contributed by atoms with Crippen LogP contribution in [0.15, 0.2) is 29.2 Å². The summed E-state index contributed by atoms with van der Waals surface area (Å²) in [5.41, 5.74) is 0.186. The van der Waals surface area contributed by atoms with Crippen molar-refractivity contribution in [1.82, 2.24) is 9.78 Å². The lowest BCUT2D eigenvalue weighted by molar-refractivity contribution is -0.0435. The van der Waals surface area contributed by atoms with Crippen molar-refractivity contribution in [2.45, 2.75) is 10.4 Å². The second kappa shape index (κ2) is 5.48. The molecule has 0 aliphatic carbocycles. The van der Waals surface area contributed by atoms with Crippen LogP contribution < -0.4 is 5.73 Å². The lowest BCUT2D eigenvalue weighted by Crippen LogP contribution is -2.24. The summed E-state index contributed by atoms with van der Waals surface area (Å²) >= 11 is 2.26. The van der Waals surface area contributed by atoms with Crippen LogP contribution in [0.25, 0.3) is 5.69 Å². The van der Waals surface area contributed by atoms with Gasteiger partial charge in [-0.1, -0.05) is 11.6 Å². The van der Waals surface area contributed by atoms with Crippen molar-refractivity contribution >= 4 is 28.6 Å². The molecule has 1 atom stereocenters. The van der Waals surface area contributed by atoms with Crippen LogP contribution in [0.4, 0.5) is 19.0 Å². The third kappa shape index (κ3) is 2.92. The fourth-order valence-electron chi connectivity index (χ4n) is 1.57. The zero-order valence-corrected chi connectivity index (χ0v) is 11.6. The average Bonchev–Trinajstić information content (AvgIpc) is 2.74. The van der Waals surface area contributed by atoms with Crippen LogP contribution in [-0.2, 0) is 11.2 Å². The molecule has 1 unspecified atom stereocenters. The molecule has 0 radical (unpaired) electrons. The average molecular weight is 335 g/mol. The van der Waals surface area contributed by atoms with Gasteiger partial charge in [0.15, 0.2) is 5.82 Å². The van der Waals surface area contributed by atoms with Crippen molar-refractivity contribution < 1.29 is 17.7 Å². The quantitative estimate of drug-likeness (QED) is 0.855. The van der Waals surface area contributed by atoms with Crippen LogP contribution in [0.2, 0.25) is 5.02 Å². The molecule has 2 rings (SSSR count). The molecule has 0 fully saturated rings. The topological polar surface area (TPSA) is 90.7 Å². The van der Waals surface area contributed by atoms with Gasteiger partial charge in [-0.25, -0.2) is 4.68 Å². The fourth-order valence-corrected chi connectivity index (χ4v) is 2.46. The standard InChI is InChI=1S/C11H6ClF3N4OS/c12-6-1-3-7(4-2-6)19-10(17)9(8(5-16)18-19)21(20)11(13,14)15/h1-4H,17H2. The summed E-state index contributed by atoms with van der Waals surface area (Å²) in [6.45, 7) is 0. The first kappa shape index (κ1) is 15.5. The monoisotopic (exact) mass is 334 g/mol. The van der Waals surface area contributed by atoms with E-state index in [0.717, 1.165) is 4.68 Å². The van der Waals surface area contributed by atoms with Crippen molar-refractivity contribution in [2.24, 2.45) is 0 Å². The van der Waals surface area contributed by atoms with E-state index in [9.17, 15) is 17.7 Å². The van der Waals surface area contributed by atoms with Gasteiger partial charge in [0.2, 0.25) is 10.6 Å². The molecule has 0 aliphatic rings. The highest BCUT2D eigenvalue weighted by molar-refractivity contribution is 7.92. The Labute approximate surface area is 124 Å². The summed E-state index contributed by atoms with van der Waals surface area (Å²) in [7, 11) is 0. The van der Waals surface area contributed by atoms with Crippen LogP contribution >= 0.6 is 11.6 Å². The molecule has 110 valence electrons. The molecule has 1 aromatic heterocycles. The minimum atomic E-state index is -5.03. The van der Waals surface area contributed by atoms with E-state index in [0.29, 0.717) is 10.7 Å². The predicted octanol–water partition coefficient (Wildman–Crippen LogP) is 2.61. The molecule has 0 saturated carbocycles. The second-order valence-electron chi connectivity index (χ2n) is 3.78. The van der Waals surface area contributed by atoms with Gasteiger partial charge in [0.05, 0.1) is 5.69 Å². The fraction of sp³-hybridized carbons (Fsp3) is 0.0909. The van der Waals surface area contributed by atoms with E-state index in [1.807, 2.05) is 0 Å². The Balaban J connectivity index is 2.59. The molecule has 2 N–H and O–H groups in total. The van der Waals surface area contributed by atoms with Gasteiger partial charge in [0, 0.05) is 5.02 Å². The predicted molar refractivity (Wildman–Crippen MR) is 70.2 cm³/mol. The second-order valence-corrected chi connectivity index (χ2v) is 5.62. The number of aromatic nitrogens is 2. The summed E-state index contributed by atoms with van der Waals surface area (Å²) in [6.07, 6.45) is 0. The number of alkyl halides is 3. The number of nitriles is 1. The minimum Gasteiger partial charge on any atom is -0.604 e. The Kier molecular flexibility index (Phi) is 4.04. The number of benzene rings is 1. The Morgan fingerprint density at radius 2 is 1.90 bits per heavy atom. The molecule has 1 heterocycles. The Morgan fingerprint density at radius 3 is 2.38 bits per heavy atom. The molecular weight excluding hydrogens is 329 g/mol. The number of rotatable bonds is 2. The van der Waals surface area contributed by atoms with Crippen LogP contribution in [-0.4, -0.2) is 19.8 Å². The molecule has 21 heavy (non-hydrogen) atoms. The number of nitrogen functional groups attached to an aromatic ring is 1. The molecule has 2 aromatic rings. The molecule has 0 spiro atoms. The first-order valence-electron chi connectivity index (χ1n) is 5.29. The summed E-state index contributed by atoms with van der Waals surface area (Å²) in [6, 6.07) is 7.32. The molecule has 0 bridgehead atoms. The highest BCUT2D eigenvalue weighted by Crippen LogP contribution is 2.36. The molecule has 0 amide bonds. The molecular formula is C11H6ClF3N4OS. The summed E-state index contributed by atoms with van der Waals surface area (Å²) in [4.78, 5) is -0.847. The zero-order chi connectivity index (χ0) is 15.8. The summed E-state index contributed by atoms with van der Waals surface area (Å²) in [5, 5.41) is 12.9. The highest BCUT2D eigenvalue weighted by Gasteiger charge is 2.50. The number of nitrogens with zero attached hydrogens (tertiary/aromatic N) is 3. The van der Waals surface area contributed by atoms with E-state index in [-0.39, 0.29) is 0 Å². The van der Waals surface area contributed by atoms with Crippen molar-refractivity contribution in [3.8, 4) is 11.8 Å². The summed E-state index contributed by atoms with van der Waals surface area (Å²) < 4.78 is 50.1. The lowest BCUT2D eigenvalue weighted by atomic mass is 10.3. The molecule has 0 saturated heterocycles. The highest BCUT2D eigenvalue weighted by atomic mass is 35.5. The van der Waals surface area contributed by atoms with Crippen LogP contribution in [0, 0.1) is 11.3 Å². The molecule has 0 aliphatic heterocycles. The third-order valence-electron chi connectivity index (χ3n) is 2.45. The zero-order valence-electron chi connectivity index (χ0n) is 10.1. The maximum atomic E-state index is 12.6. The van der Waals surface area contributed by atoms with E-state index in [2.05, 4.69) is 5.10 Å². The van der Waals surface area contributed by atoms with Crippen LogP contribution in [0.1, 0.15) is 5.69 Å². The van der Waals surface area contributed by atoms with Gasteiger partial charge in [-0.2, -0.15) is 5.26 Å². The maximum Gasteiger partial charge on any atom is 0.578 e. The van der Waals surface area contributed by atoms with Crippen LogP contribution in [0.3, 0.4) is 0 Å². The number of nitrogens with two attached hydrogens (primary N) is 1. The number of hydrogen-bond acceptors (Lipinski definition) is 4. The number of anilines is 1. The first-order chi connectivity index (χ1) is 9.75. The number of hydrogen-bond donors (Lipinski definition) is 1. The Bertz CT molecular complexity index is 708. The Hall–Kier alpha value is -1.89. The van der Waals surface area contributed by atoms with Gasteiger partial charge in [0.25, 0.3) is 0 Å². The molecule has 1 aromatic carbocycles. The van der Waals surface area contributed by atoms with Gasteiger partial charge >= 0.3 is 5.51 Å². The molecule has 10 heteroatoms. The third-order valence-corrected chi connectivity index (χ3v) is 3.89. The smallest absolute Gasteiger partial charge is 0.578 e. The Morgan fingerprint density at radius 1 is 1.33 bits per heavy atom. The first-order valence-corrected chi connectivity index (χ1v) is 6.81. The van der Waals surface area contributed by atoms with E-state index >= 15 is 0 Å². The van der Waals surface area contributed by atoms with Crippen molar-refractivity contribution in [2.75, 3.05) is 5.73 Å². The van der Waals surface area contributed by atoms with Gasteiger partial charge in [-0.15, -0.1) is 18.3 Å². The number of halogens is 4. The van der Waals surface area contributed by atoms with E-state index in [1.54, 1.807) is 0 Å². The SMILES string of the molecule is N#Cc1nn(-c2ccc(Cl)cc2)c(N)c1[S+]([O-])C(F)(F)F. The minimum absolute atomic E-state index is 0.291. The lowest BCUT2D eigenvalue weighted by Gasteiger charge is -2.11. The van der Waals surface area contributed by atoms with Crippen molar-refractivity contribution in [3.63, 3.8) is 0 Å². The van der Waals surface area contributed by atoms with Crippen molar-refractivity contribution in [3.05, 3.63) is 35.0 Å². The van der Waals surface area contributed by atoms with Gasteiger partial charge < -0.3 is 10.3 Å². The van der Waals surface area contributed by atoms with E-state index in [1.165, 1.54) is 30.3 Å². The largest absolute Gasteiger partial charge is 0.604 e. The normalized spacial score (nSPS) is 13.0. The van der Waals surface area contributed by atoms with E-state index < -0.39 is 33.1 Å². The van der Waals surface area contributed by atoms with Gasteiger partial charge in [-0.05, 0) is 24.3 Å². The maximum absolute atomic E-state index is 12.6. The molecule has 5 nitrogen and oxygen atoms in total. The van der Waals surface area contributed by atoms with Crippen molar-refractivity contribution in [1.29, 1.82) is 5.26 Å². The summed E-state index contributed by atoms with van der Waals surface area (Å²) in [5.74, 6) is -0.510. The van der Waals surface area contributed by atoms with Gasteiger partial charge in [-0.3, -0.25) is 0 Å².